The molecule has 0 radical (unpaired) electrons. The van der Waals surface area contributed by atoms with E-state index < -0.39 is 0 Å². The van der Waals surface area contributed by atoms with Crippen LogP contribution in [0.2, 0.25) is 0 Å². The summed E-state index contributed by atoms with van der Waals surface area (Å²) in [6.45, 7) is 5.42. The SMILES string of the molecule is CN1C2=C(CN(C=O)C2)CN1c1cc(Br)c2c(c1)cc(C1=CCCNC1)n2CC1CC1. The first-order chi connectivity index (χ1) is 15.1. The van der Waals surface area contributed by atoms with Gasteiger partial charge in [-0.25, -0.2) is 0 Å². The molecule has 31 heavy (non-hydrogen) atoms. The summed E-state index contributed by atoms with van der Waals surface area (Å²) in [5.41, 5.74) is 7.89. The van der Waals surface area contributed by atoms with E-state index in [0.717, 1.165) is 55.9 Å². The van der Waals surface area contributed by atoms with Gasteiger partial charge in [-0.05, 0) is 77.0 Å². The monoisotopic (exact) mass is 481 g/mol. The topological polar surface area (TPSA) is 43.8 Å². The third-order valence-corrected chi connectivity index (χ3v) is 7.72. The summed E-state index contributed by atoms with van der Waals surface area (Å²) in [6.07, 6.45) is 7.15. The van der Waals surface area contributed by atoms with Crippen LogP contribution >= 0.6 is 15.9 Å². The van der Waals surface area contributed by atoms with Gasteiger partial charge in [-0.3, -0.25) is 14.8 Å². The van der Waals surface area contributed by atoms with Crippen LogP contribution in [-0.4, -0.2) is 60.7 Å². The Labute approximate surface area is 191 Å². The summed E-state index contributed by atoms with van der Waals surface area (Å²) in [4.78, 5) is 13.0. The number of aromatic nitrogens is 1. The number of carbonyl (C=O) groups excluding carboxylic acids is 1. The fourth-order valence-corrected chi connectivity index (χ4v) is 5.97. The molecule has 1 fully saturated rings. The van der Waals surface area contributed by atoms with Gasteiger partial charge in [0.25, 0.3) is 0 Å². The minimum Gasteiger partial charge on any atom is -0.340 e. The number of carbonyl (C=O) groups is 1. The van der Waals surface area contributed by atoms with Gasteiger partial charge in [0.1, 0.15) is 0 Å². The number of likely N-dealkylation sites (N-methyl/N-ethyl adjacent to an activating group) is 1. The van der Waals surface area contributed by atoms with E-state index in [2.05, 4.69) is 67.2 Å². The molecule has 1 aromatic heterocycles. The van der Waals surface area contributed by atoms with Crippen molar-refractivity contribution in [1.82, 2.24) is 19.8 Å². The lowest BCUT2D eigenvalue weighted by Crippen LogP contribution is -2.38. The Kier molecular flexibility index (Phi) is 4.65. The quantitative estimate of drug-likeness (QED) is 0.662. The maximum Gasteiger partial charge on any atom is 0.210 e. The Bertz CT molecular complexity index is 1130. The van der Waals surface area contributed by atoms with Crippen LogP contribution in [0.15, 0.2) is 40.0 Å². The number of nitrogens with one attached hydrogen (secondary N) is 1. The van der Waals surface area contributed by atoms with E-state index in [4.69, 9.17) is 0 Å². The predicted molar refractivity (Wildman–Crippen MR) is 128 cm³/mol. The Morgan fingerprint density at radius 2 is 2.06 bits per heavy atom. The summed E-state index contributed by atoms with van der Waals surface area (Å²) >= 11 is 3.93. The second kappa shape index (κ2) is 7.41. The number of fused-ring (bicyclic) bond motifs is 1. The van der Waals surface area contributed by atoms with Crippen LogP contribution in [0.5, 0.6) is 0 Å². The molecule has 0 atom stereocenters. The second-order valence-electron chi connectivity index (χ2n) is 9.29. The highest BCUT2D eigenvalue weighted by molar-refractivity contribution is 9.10. The summed E-state index contributed by atoms with van der Waals surface area (Å²) in [6, 6.07) is 6.98. The smallest absolute Gasteiger partial charge is 0.210 e. The van der Waals surface area contributed by atoms with Crippen molar-refractivity contribution < 1.29 is 4.79 Å². The zero-order chi connectivity index (χ0) is 21.1. The minimum atomic E-state index is 0.707. The van der Waals surface area contributed by atoms with Crippen LogP contribution in [0.1, 0.15) is 25.0 Å². The average Bonchev–Trinajstić information content (AvgIpc) is 3.26. The third-order valence-electron chi connectivity index (χ3n) is 7.12. The molecule has 1 aromatic carbocycles. The molecule has 7 heteroatoms. The Hall–Kier alpha value is -2.25. The number of benzene rings is 1. The Balaban J connectivity index is 1.39. The Morgan fingerprint density at radius 3 is 2.77 bits per heavy atom. The first kappa shape index (κ1) is 19.4. The van der Waals surface area contributed by atoms with Crippen molar-refractivity contribution in [2.24, 2.45) is 5.92 Å². The van der Waals surface area contributed by atoms with E-state index in [0.29, 0.717) is 6.54 Å². The van der Waals surface area contributed by atoms with E-state index in [1.807, 2.05) is 4.90 Å². The number of hydrogen-bond acceptors (Lipinski definition) is 4. The number of hydrogen-bond donors (Lipinski definition) is 1. The van der Waals surface area contributed by atoms with Gasteiger partial charge in [0.15, 0.2) is 0 Å². The fraction of sp³-hybridized carbons (Fsp3) is 0.458. The van der Waals surface area contributed by atoms with Crippen LogP contribution in [0.25, 0.3) is 16.5 Å². The van der Waals surface area contributed by atoms with Gasteiger partial charge in [0.05, 0.1) is 30.0 Å². The number of hydrazine groups is 1. The molecule has 3 aliphatic heterocycles. The number of halogens is 1. The van der Waals surface area contributed by atoms with E-state index in [1.54, 1.807) is 0 Å². The lowest BCUT2D eigenvalue weighted by Gasteiger charge is -2.32. The van der Waals surface area contributed by atoms with Gasteiger partial charge >= 0.3 is 0 Å². The summed E-state index contributed by atoms with van der Waals surface area (Å²) < 4.78 is 3.71. The van der Waals surface area contributed by atoms with Gasteiger partial charge in [-0.15, -0.1) is 0 Å². The maximum absolute atomic E-state index is 11.2. The van der Waals surface area contributed by atoms with Crippen LogP contribution in [-0.2, 0) is 11.3 Å². The summed E-state index contributed by atoms with van der Waals surface area (Å²) in [5.74, 6) is 0.815. The molecule has 0 bridgehead atoms. The number of rotatable bonds is 5. The highest BCUT2D eigenvalue weighted by Gasteiger charge is 2.34. The van der Waals surface area contributed by atoms with E-state index in [-0.39, 0.29) is 0 Å². The molecule has 0 unspecified atom stereocenters. The van der Waals surface area contributed by atoms with Crippen molar-refractivity contribution in [2.45, 2.75) is 25.8 Å². The van der Waals surface area contributed by atoms with Crippen molar-refractivity contribution in [3.05, 3.63) is 45.7 Å². The van der Waals surface area contributed by atoms with Gasteiger partial charge < -0.3 is 14.8 Å². The predicted octanol–water partition coefficient (Wildman–Crippen LogP) is 3.58. The third kappa shape index (κ3) is 3.29. The van der Waals surface area contributed by atoms with Gasteiger partial charge in [-0.1, -0.05) is 6.08 Å². The molecule has 4 aliphatic rings. The molecule has 1 amide bonds. The van der Waals surface area contributed by atoms with Crippen molar-refractivity contribution in [3.8, 4) is 0 Å². The highest BCUT2D eigenvalue weighted by Crippen LogP contribution is 2.40. The molecular weight excluding hydrogens is 454 g/mol. The second-order valence-corrected chi connectivity index (χ2v) is 10.1. The van der Waals surface area contributed by atoms with Crippen LogP contribution in [0.4, 0.5) is 5.69 Å². The molecule has 1 N–H and O–H groups in total. The zero-order valence-corrected chi connectivity index (χ0v) is 19.5. The first-order valence-corrected chi connectivity index (χ1v) is 12.1. The van der Waals surface area contributed by atoms with E-state index in [1.165, 1.54) is 52.0 Å². The number of anilines is 1. The van der Waals surface area contributed by atoms with Crippen molar-refractivity contribution in [3.63, 3.8) is 0 Å². The molecule has 1 aliphatic carbocycles. The summed E-state index contributed by atoms with van der Waals surface area (Å²) in [7, 11) is 2.11. The van der Waals surface area contributed by atoms with Crippen LogP contribution in [0.3, 0.4) is 0 Å². The van der Waals surface area contributed by atoms with Crippen molar-refractivity contribution in [2.75, 3.05) is 44.8 Å². The van der Waals surface area contributed by atoms with Gasteiger partial charge in [0.2, 0.25) is 6.41 Å². The largest absolute Gasteiger partial charge is 0.340 e. The highest BCUT2D eigenvalue weighted by atomic mass is 79.9. The van der Waals surface area contributed by atoms with Crippen molar-refractivity contribution >= 4 is 44.5 Å². The molecule has 4 heterocycles. The molecule has 1 saturated carbocycles. The molecule has 2 aromatic rings. The molecule has 0 spiro atoms. The van der Waals surface area contributed by atoms with E-state index in [9.17, 15) is 4.79 Å². The molecule has 0 saturated heterocycles. The first-order valence-electron chi connectivity index (χ1n) is 11.3. The number of nitrogens with zero attached hydrogens (tertiary/aromatic N) is 4. The fourth-order valence-electron chi connectivity index (χ4n) is 5.29. The average molecular weight is 482 g/mol. The number of amides is 1. The van der Waals surface area contributed by atoms with E-state index >= 15 is 0 Å². The zero-order valence-electron chi connectivity index (χ0n) is 17.9. The minimum absolute atomic E-state index is 0.707. The van der Waals surface area contributed by atoms with Crippen LogP contribution < -0.4 is 10.3 Å². The maximum atomic E-state index is 11.2. The van der Waals surface area contributed by atoms with Crippen LogP contribution in [0, 0.1) is 5.92 Å². The molecule has 162 valence electrons. The van der Waals surface area contributed by atoms with Gasteiger partial charge in [-0.2, -0.15) is 0 Å². The summed E-state index contributed by atoms with van der Waals surface area (Å²) in [5, 5.41) is 9.39. The standard InChI is InChI=1S/C24H28BrN5O/c1-27-23-14-28(15-31)12-19(23)13-30(27)20-7-18-8-22(17-3-2-6-26-10-17)29(11-16-4-5-16)24(18)21(25)9-20/h3,7-9,15-16,26H,2,4-6,10-14H2,1H3. The van der Waals surface area contributed by atoms with Crippen molar-refractivity contribution in [1.29, 1.82) is 0 Å². The lowest BCUT2D eigenvalue weighted by atomic mass is 10.1. The molecule has 6 nitrogen and oxygen atoms in total. The lowest BCUT2D eigenvalue weighted by molar-refractivity contribution is -0.117. The molecule has 6 rings (SSSR count). The Morgan fingerprint density at radius 1 is 1.19 bits per heavy atom. The van der Waals surface area contributed by atoms with Gasteiger partial charge in [0, 0.05) is 42.2 Å². The molecular formula is C24H28BrN5O. The normalized spacial score (nSPS) is 21.4.